The van der Waals surface area contributed by atoms with E-state index in [2.05, 4.69) is 0 Å². The van der Waals surface area contributed by atoms with Gasteiger partial charge in [-0.3, -0.25) is 9.59 Å². The van der Waals surface area contributed by atoms with Crippen LogP contribution in [0, 0.1) is 13.8 Å². The number of rotatable bonds is 7. The summed E-state index contributed by atoms with van der Waals surface area (Å²) in [5, 5.41) is -1.67. The average Bonchev–Trinajstić information content (AvgIpc) is 3.30. The van der Waals surface area contributed by atoms with Gasteiger partial charge < -0.3 is 19.8 Å². The molecule has 5 rings (SSSR count). The molecule has 1 aliphatic heterocycles. The Morgan fingerprint density at radius 1 is 1.06 bits per heavy atom. The molecule has 1 saturated heterocycles. The van der Waals surface area contributed by atoms with Crippen molar-refractivity contribution in [3.63, 3.8) is 0 Å². The zero-order chi connectivity index (χ0) is 26.3. The SMILES string of the molecule is [2H]C1(Cc2ccc(OCc3nc4ccc(Oc5cc(C)c(N)c(C)c5)cc4n3C)cc2)SC(=O)CC1=O. The molecule has 1 aliphatic rings. The summed E-state index contributed by atoms with van der Waals surface area (Å²) in [4.78, 5) is 28.3. The molecular formula is C28H27N3O4S. The second kappa shape index (κ2) is 9.70. The number of nitrogen functional groups attached to an aromatic ring is 1. The Kier molecular flexibility index (Phi) is 6.11. The third-order valence-corrected chi connectivity index (χ3v) is 7.25. The Bertz CT molecular complexity index is 1510. The van der Waals surface area contributed by atoms with Gasteiger partial charge in [-0.05, 0) is 73.4 Å². The number of nitrogens with two attached hydrogens (primary N) is 1. The summed E-state index contributed by atoms with van der Waals surface area (Å²) >= 11 is 0.811. The van der Waals surface area contributed by atoms with Crippen molar-refractivity contribution in [2.45, 2.75) is 38.5 Å². The highest BCUT2D eigenvalue weighted by Gasteiger charge is 2.31. The van der Waals surface area contributed by atoms with Crippen molar-refractivity contribution < 1.29 is 20.4 Å². The van der Waals surface area contributed by atoms with Crippen molar-refractivity contribution in [1.29, 1.82) is 0 Å². The Morgan fingerprint density at radius 2 is 1.75 bits per heavy atom. The van der Waals surface area contributed by atoms with Crippen molar-refractivity contribution in [2.75, 3.05) is 5.73 Å². The number of ether oxygens (including phenoxy) is 2. The van der Waals surface area contributed by atoms with E-state index in [0.717, 1.165) is 56.7 Å². The van der Waals surface area contributed by atoms with E-state index in [1.165, 1.54) is 0 Å². The van der Waals surface area contributed by atoms with Crippen LogP contribution in [-0.4, -0.2) is 25.7 Å². The molecule has 2 N–H and O–H groups in total. The van der Waals surface area contributed by atoms with Gasteiger partial charge in [-0.15, -0.1) is 0 Å². The summed E-state index contributed by atoms with van der Waals surface area (Å²) in [6.45, 7) is 4.19. The largest absolute Gasteiger partial charge is 0.486 e. The van der Waals surface area contributed by atoms with Gasteiger partial charge in [0.25, 0.3) is 0 Å². The number of carbonyl (C=O) groups excluding carboxylic acids is 2. The minimum absolute atomic E-state index is 0.165. The van der Waals surface area contributed by atoms with Crippen LogP contribution >= 0.6 is 11.8 Å². The van der Waals surface area contributed by atoms with E-state index in [-0.39, 0.29) is 30.3 Å². The first-order chi connectivity index (χ1) is 17.6. The Morgan fingerprint density at radius 3 is 2.42 bits per heavy atom. The van der Waals surface area contributed by atoms with Crippen LogP contribution in [0.1, 0.15) is 30.3 Å². The molecule has 0 radical (unpaired) electrons. The molecule has 1 fully saturated rings. The monoisotopic (exact) mass is 502 g/mol. The van der Waals surface area contributed by atoms with Gasteiger partial charge in [0.15, 0.2) is 10.9 Å². The predicted octanol–water partition coefficient (Wildman–Crippen LogP) is 5.29. The van der Waals surface area contributed by atoms with E-state index in [1.54, 1.807) is 12.1 Å². The molecule has 0 spiro atoms. The molecular weight excluding hydrogens is 474 g/mol. The molecule has 8 heteroatoms. The van der Waals surface area contributed by atoms with Crippen molar-refractivity contribution in [2.24, 2.45) is 7.05 Å². The highest BCUT2D eigenvalue weighted by Crippen LogP contribution is 2.31. The third-order valence-electron chi connectivity index (χ3n) is 6.26. The van der Waals surface area contributed by atoms with Gasteiger partial charge in [-0.25, -0.2) is 4.98 Å². The fraction of sp³-hybridized carbons (Fsp3) is 0.250. The number of Topliss-reactive ketones (excluding diaryl/α,β-unsaturated/α-hetero) is 1. The second-order valence-corrected chi connectivity index (χ2v) is 10.1. The first-order valence-electron chi connectivity index (χ1n) is 12.1. The van der Waals surface area contributed by atoms with Gasteiger partial charge >= 0.3 is 0 Å². The first-order valence-corrected chi connectivity index (χ1v) is 12.4. The van der Waals surface area contributed by atoms with Crippen LogP contribution in [0.15, 0.2) is 54.6 Å². The summed E-state index contributed by atoms with van der Waals surface area (Å²) in [5.74, 6) is 2.50. The van der Waals surface area contributed by atoms with E-state index in [4.69, 9.17) is 21.6 Å². The lowest BCUT2D eigenvalue weighted by molar-refractivity contribution is -0.121. The van der Waals surface area contributed by atoms with Crippen LogP contribution in [0.5, 0.6) is 17.2 Å². The molecule has 3 aromatic carbocycles. The zero-order valence-corrected chi connectivity index (χ0v) is 21.1. The number of benzene rings is 3. The molecule has 36 heavy (non-hydrogen) atoms. The standard InChI is InChI=1S/C28H27N3O4S/c1-16-10-21(11-17(2)28(16)29)35-20-8-9-22-23(13-20)31(3)26(30-22)15-34-19-6-4-18(5-7-19)12-25-24(32)14-27(33)36-25/h4-11,13,25H,12,14-15,29H2,1-3H3/i25D. The second-order valence-electron chi connectivity index (χ2n) is 8.92. The van der Waals surface area contributed by atoms with Crippen molar-refractivity contribution in [3.05, 3.63) is 77.1 Å². The number of hydrogen-bond acceptors (Lipinski definition) is 7. The van der Waals surface area contributed by atoms with Crippen LogP contribution < -0.4 is 15.2 Å². The molecule has 1 atom stereocenters. The molecule has 2 heterocycles. The molecule has 0 bridgehead atoms. The highest BCUT2D eigenvalue weighted by molar-refractivity contribution is 8.15. The van der Waals surface area contributed by atoms with Gasteiger partial charge in [-0.1, -0.05) is 23.9 Å². The van der Waals surface area contributed by atoms with E-state index in [9.17, 15) is 9.59 Å². The maximum Gasteiger partial charge on any atom is 0.197 e. The van der Waals surface area contributed by atoms with E-state index >= 15 is 0 Å². The number of aromatic nitrogens is 2. The summed E-state index contributed by atoms with van der Waals surface area (Å²) in [6, 6.07) is 16.9. The lowest BCUT2D eigenvalue weighted by Gasteiger charge is -2.11. The fourth-order valence-electron chi connectivity index (χ4n) is 4.17. The van der Waals surface area contributed by atoms with Crippen molar-refractivity contribution >= 4 is 39.4 Å². The minimum atomic E-state index is -1.43. The van der Waals surface area contributed by atoms with Crippen LogP contribution in [0.25, 0.3) is 11.0 Å². The van der Waals surface area contributed by atoms with Gasteiger partial charge in [0.2, 0.25) is 0 Å². The maximum atomic E-state index is 12.0. The number of fused-ring (bicyclic) bond motifs is 1. The molecule has 184 valence electrons. The van der Waals surface area contributed by atoms with Gasteiger partial charge in [-0.2, -0.15) is 0 Å². The molecule has 1 unspecified atom stereocenters. The first kappa shape index (κ1) is 22.7. The average molecular weight is 503 g/mol. The number of thioether (sulfide) groups is 1. The lowest BCUT2D eigenvalue weighted by atomic mass is 10.1. The normalized spacial score (nSPS) is 18.0. The van der Waals surface area contributed by atoms with Gasteiger partial charge in [0, 0.05) is 18.8 Å². The van der Waals surface area contributed by atoms with E-state index in [1.807, 2.05) is 67.9 Å². The van der Waals surface area contributed by atoms with Crippen LogP contribution in [-0.2, 0) is 29.7 Å². The number of ketones is 1. The summed E-state index contributed by atoms with van der Waals surface area (Å²) in [7, 11) is 1.93. The number of nitrogens with zero attached hydrogens (tertiary/aromatic N) is 2. The number of hydrogen-bond donors (Lipinski definition) is 1. The Hall–Kier alpha value is -3.78. The molecule has 7 nitrogen and oxygen atoms in total. The van der Waals surface area contributed by atoms with E-state index in [0.29, 0.717) is 11.5 Å². The number of carbonyl (C=O) groups is 2. The number of aryl methyl sites for hydroxylation is 3. The zero-order valence-electron chi connectivity index (χ0n) is 21.3. The molecule has 1 aromatic heterocycles. The summed E-state index contributed by atoms with van der Waals surface area (Å²) in [6.07, 6.45) is 0.0227. The number of anilines is 1. The predicted molar refractivity (Wildman–Crippen MR) is 142 cm³/mol. The minimum Gasteiger partial charge on any atom is -0.486 e. The molecule has 0 aliphatic carbocycles. The fourth-order valence-corrected chi connectivity index (χ4v) is 5.08. The van der Waals surface area contributed by atoms with Gasteiger partial charge in [0.1, 0.15) is 29.7 Å². The third kappa shape index (κ3) is 4.95. The molecule has 4 aromatic rings. The van der Waals surface area contributed by atoms with Crippen LogP contribution in [0.2, 0.25) is 0 Å². The van der Waals surface area contributed by atoms with Gasteiger partial charge in [0.05, 0.1) is 24.1 Å². The topological polar surface area (TPSA) is 96.4 Å². The summed E-state index contributed by atoms with van der Waals surface area (Å²) in [5.41, 5.74) is 11.3. The van der Waals surface area contributed by atoms with Crippen molar-refractivity contribution in [1.82, 2.24) is 9.55 Å². The quantitative estimate of drug-likeness (QED) is 0.271. The van der Waals surface area contributed by atoms with Crippen LogP contribution in [0.4, 0.5) is 5.69 Å². The maximum absolute atomic E-state index is 12.0. The smallest absolute Gasteiger partial charge is 0.197 e. The van der Waals surface area contributed by atoms with Crippen molar-refractivity contribution in [3.8, 4) is 17.2 Å². The molecule has 0 saturated carbocycles. The lowest BCUT2D eigenvalue weighted by Crippen LogP contribution is -2.13. The summed E-state index contributed by atoms with van der Waals surface area (Å²) < 4.78 is 22.3. The Balaban J connectivity index is 1.26. The highest BCUT2D eigenvalue weighted by atomic mass is 32.2. The van der Waals surface area contributed by atoms with E-state index < -0.39 is 5.23 Å². The van der Waals surface area contributed by atoms with Crippen LogP contribution in [0.3, 0.4) is 0 Å². The molecule has 0 amide bonds. The number of imidazole rings is 1. The Labute approximate surface area is 215 Å².